The van der Waals surface area contributed by atoms with Crippen LogP contribution in [-0.4, -0.2) is 43.0 Å². The highest BCUT2D eigenvalue weighted by atomic mass is 16.5. The Morgan fingerprint density at radius 1 is 1.03 bits per heavy atom. The largest absolute Gasteiger partial charge is 0.484 e. The highest BCUT2D eigenvalue weighted by Crippen LogP contribution is 2.22. The normalized spacial score (nSPS) is 14.4. The fourth-order valence-electron chi connectivity index (χ4n) is 3.60. The van der Waals surface area contributed by atoms with Gasteiger partial charge in [0.05, 0.1) is 6.54 Å². The number of amides is 2. The summed E-state index contributed by atoms with van der Waals surface area (Å²) in [7, 11) is 0. The summed E-state index contributed by atoms with van der Waals surface area (Å²) in [5.74, 6) is 1.00. The van der Waals surface area contributed by atoms with E-state index < -0.39 is 0 Å². The first-order chi connectivity index (χ1) is 14.1. The lowest BCUT2D eigenvalue weighted by molar-refractivity contribution is -0.134. The van der Waals surface area contributed by atoms with Gasteiger partial charge in [-0.15, -0.1) is 0 Å². The minimum absolute atomic E-state index is 0.0185. The van der Waals surface area contributed by atoms with Crippen LogP contribution in [0.4, 0.5) is 0 Å². The van der Waals surface area contributed by atoms with E-state index in [9.17, 15) is 9.59 Å². The molecule has 0 radical (unpaired) electrons. The van der Waals surface area contributed by atoms with Crippen molar-refractivity contribution in [1.29, 1.82) is 0 Å². The van der Waals surface area contributed by atoms with Crippen molar-refractivity contribution in [2.75, 3.05) is 26.2 Å². The second-order valence-corrected chi connectivity index (χ2v) is 7.73. The average Bonchev–Trinajstić information content (AvgIpc) is 2.76. The van der Waals surface area contributed by atoms with E-state index in [1.54, 1.807) is 12.1 Å². The summed E-state index contributed by atoms with van der Waals surface area (Å²) in [6.45, 7) is 3.60. The molecule has 0 unspecified atom stereocenters. The molecule has 1 N–H and O–H groups in total. The lowest BCUT2D eigenvalue weighted by Gasteiger charge is -2.32. The second-order valence-electron chi connectivity index (χ2n) is 7.73. The molecule has 1 aliphatic rings. The fourth-order valence-corrected chi connectivity index (χ4v) is 3.60. The molecule has 1 fully saturated rings. The van der Waals surface area contributed by atoms with Crippen LogP contribution in [-0.2, 0) is 16.0 Å². The number of likely N-dealkylation sites (tertiary alicyclic amines) is 1. The topological polar surface area (TPSA) is 58.6 Å². The number of piperidine rings is 1. The molecule has 2 amide bonds. The summed E-state index contributed by atoms with van der Waals surface area (Å²) in [6, 6.07) is 17.9. The molecule has 0 bridgehead atoms. The Morgan fingerprint density at radius 2 is 1.72 bits per heavy atom. The molecular formula is C24H30N2O3. The Bertz CT molecular complexity index is 782. The Kier molecular flexibility index (Phi) is 7.68. The summed E-state index contributed by atoms with van der Waals surface area (Å²) >= 11 is 0. The summed E-state index contributed by atoms with van der Waals surface area (Å²) in [4.78, 5) is 26.1. The van der Waals surface area contributed by atoms with Gasteiger partial charge in [-0.05, 0) is 56.2 Å². The first-order valence-corrected chi connectivity index (χ1v) is 10.4. The highest BCUT2D eigenvalue weighted by Gasteiger charge is 2.22. The number of rotatable bonds is 8. The summed E-state index contributed by atoms with van der Waals surface area (Å²) in [5.41, 5.74) is 2.67. The fraction of sp³-hybridized carbons (Fsp3) is 0.417. The smallest absolute Gasteiger partial charge is 0.258 e. The number of carbonyl (C=O) groups is 2. The molecule has 1 aliphatic heterocycles. The van der Waals surface area contributed by atoms with E-state index >= 15 is 0 Å². The van der Waals surface area contributed by atoms with Gasteiger partial charge in [0, 0.05) is 13.1 Å². The molecule has 0 atom stereocenters. The van der Waals surface area contributed by atoms with Crippen LogP contribution in [0.5, 0.6) is 5.75 Å². The van der Waals surface area contributed by atoms with Crippen molar-refractivity contribution in [3.63, 3.8) is 0 Å². The Balaban J connectivity index is 1.31. The molecule has 2 aromatic carbocycles. The van der Waals surface area contributed by atoms with E-state index in [1.165, 1.54) is 17.5 Å². The molecule has 5 heteroatoms. The van der Waals surface area contributed by atoms with Gasteiger partial charge in [-0.1, -0.05) is 48.0 Å². The van der Waals surface area contributed by atoms with Crippen LogP contribution < -0.4 is 10.1 Å². The number of nitrogens with zero attached hydrogens (tertiary/aromatic N) is 1. The molecule has 0 saturated carbocycles. The van der Waals surface area contributed by atoms with Crippen LogP contribution in [0.25, 0.3) is 0 Å². The van der Waals surface area contributed by atoms with E-state index in [2.05, 4.69) is 36.5 Å². The van der Waals surface area contributed by atoms with Crippen molar-refractivity contribution < 1.29 is 14.3 Å². The van der Waals surface area contributed by atoms with Crippen molar-refractivity contribution in [2.45, 2.75) is 32.6 Å². The van der Waals surface area contributed by atoms with E-state index in [1.807, 2.05) is 23.1 Å². The van der Waals surface area contributed by atoms with Gasteiger partial charge in [-0.2, -0.15) is 0 Å². The van der Waals surface area contributed by atoms with Crippen LogP contribution >= 0.6 is 0 Å². The zero-order chi connectivity index (χ0) is 20.5. The molecular weight excluding hydrogens is 364 g/mol. The standard InChI is InChI=1S/C24H30N2O3/c1-19-7-9-20(10-8-19)11-12-21-13-15-26(16-14-21)24(28)17-25-23(27)18-29-22-5-3-2-4-6-22/h2-10,21H,11-18H2,1H3,(H,25,27). The van der Waals surface area contributed by atoms with Gasteiger partial charge < -0.3 is 15.0 Å². The average molecular weight is 395 g/mol. The van der Waals surface area contributed by atoms with Crippen molar-refractivity contribution in [3.05, 3.63) is 65.7 Å². The number of aryl methyl sites for hydroxylation is 2. The number of hydrogen-bond acceptors (Lipinski definition) is 3. The Morgan fingerprint density at radius 3 is 2.41 bits per heavy atom. The molecule has 154 valence electrons. The first kappa shape index (κ1) is 20.9. The third-order valence-electron chi connectivity index (χ3n) is 5.48. The quantitative estimate of drug-likeness (QED) is 0.747. The van der Waals surface area contributed by atoms with Crippen LogP contribution in [0.15, 0.2) is 54.6 Å². The molecule has 2 aromatic rings. The maximum Gasteiger partial charge on any atom is 0.258 e. The Hall–Kier alpha value is -2.82. The molecule has 0 aromatic heterocycles. The van der Waals surface area contributed by atoms with Gasteiger partial charge in [-0.3, -0.25) is 9.59 Å². The number of nitrogens with one attached hydrogen (secondary N) is 1. The van der Waals surface area contributed by atoms with E-state index in [0.717, 1.165) is 32.4 Å². The lowest BCUT2D eigenvalue weighted by atomic mass is 9.90. The van der Waals surface area contributed by atoms with Crippen LogP contribution in [0, 0.1) is 12.8 Å². The van der Waals surface area contributed by atoms with Gasteiger partial charge in [-0.25, -0.2) is 0 Å². The number of hydrogen-bond donors (Lipinski definition) is 1. The lowest BCUT2D eigenvalue weighted by Crippen LogP contribution is -2.44. The van der Waals surface area contributed by atoms with Crippen LogP contribution in [0.3, 0.4) is 0 Å². The van der Waals surface area contributed by atoms with Gasteiger partial charge in [0.2, 0.25) is 5.91 Å². The summed E-state index contributed by atoms with van der Waals surface area (Å²) in [6.07, 6.45) is 4.32. The zero-order valence-electron chi connectivity index (χ0n) is 17.1. The maximum absolute atomic E-state index is 12.4. The van der Waals surface area contributed by atoms with Crippen molar-refractivity contribution in [2.24, 2.45) is 5.92 Å². The van der Waals surface area contributed by atoms with Gasteiger partial charge in [0.1, 0.15) is 5.75 Å². The third-order valence-corrected chi connectivity index (χ3v) is 5.48. The minimum Gasteiger partial charge on any atom is -0.484 e. The predicted octanol–water partition coefficient (Wildman–Crippen LogP) is 3.36. The van der Waals surface area contributed by atoms with E-state index in [0.29, 0.717) is 11.7 Å². The Labute approximate surface area is 173 Å². The van der Waals surface area contributed by atoms with Crippen molar-refractivity contribution >= 4 is 11.8 Å². The number of ether oxygens (including phenoxy) is 1. The molecule has 3 rings (SSSR count). The SMILES string of the molecule is Cc1ccc(CCC2CCN(C(=O)CNC(=O)COc3ccccc3)CC2)cc1. The summed E-state index contributed by atoms with van der Waals surface area (Å²) in [5, 5.41) is 2.66. The van der Waals surface area contributed by atoms with Crippen LogP contribution in [0.1, 0.15) is 30.4 Å². The van der Waals surface area contributed by atoms with E-state index in [4.69, 9.17) is 4.74 Å². The zero-order valence-corrected chi connectivity index (χ0v) is 17.1. The van der Waals surface area contributed by atoms with Gasteiger partial charge >= 0.3 is 0 Å². The highest BCUT2D eigenvalue weighted by molar-refractivity contribution is 5.85. The molecule has 0 spiro atoms. The van der Waals surface area contributed by atoms with Crippen LogP contribution in [0.2, 0.25) is 0 Å². The number of para-hydroxylation sites is 1. The predicted molar refractivity (Wildman–Crippen MR) is 114 cm³/mol. The minimum atomic E-state index is -0.282. The molecule has 5 nitrogen and oxygen atoms in total. The number of carbonyl (C=O) groups excluding carboxylic acids is 2. The van der Waals surface area contributed by atoms with Gasteiger partial charge in [0.15, 0.2) is 6.61 Å². The molecule has 1 saturated heterocycles. The van der Waals surface area contributed by atoms with Gasteiger partial charge in [0.25, 0.3) is 5.91 Å². The maximum atomic E-state index is 12.4. The van der Waals surface area contributed by atoms with E-state index in [-0.39, 0.29) is 25.0 Å². The molecule has 29 heavy (non-hydrogen) atoms. The van der Waals surface area contributed by atoms with Crippen molar-refractivity contribution in [3.8, 4) is 5.75 Å². The third kappa shape index (κ3) is 6.93. The first-order valence-electron chi connectivity index (χ1n) is 10.4. The summed E-state index contributed by atoms with van der Waals surface area (Å²) < 4.78 is 5.39. The monoisotopic (exact) mass is 394 g/mol. The number of benzene rings is 2. The second kappa shape index (κ2) is 10.6. The van der Waals surface area contributed by atoms with Crippen molar-refractivity contribution in [1.82, 2.24) is 10.2 Å². The molecule has 1 heterocycles. The molecule has 0 aliphatic carbocycles.